The molecule has 1 N–H and O–H groups in total. The van der Waals surface area contributed by atoms with Gasteiger partial charge in [-0.3, -0.25) is 0 Å². The normalized spacial score (nSPS) is 16.7. The maximum absolute atomic E-state index is 12.2. The van der Waals surface area contributed by atoms with Gasteiger partial charge in [0.15, 0.2) is 0 Å². The predicted molar refractivity (Wildman–Crippen MR) is 85.9 cm³/mol. The molecule has 0 saturated carbocycles. The molecule has 0 fully saturated rings. The Bertz CT molecular complexity index is 573. The number of nitrogens with zero attached hydrogens (tertiary/aromatic N) is 1. The second-order valence-corrected chi connectivity index (χ2v) is 5.39. The summed E-state index contributed by atoms with van der Waals surface area (Å²) in [5.41, 5.74) is 2.65. The number of carbonyl (C=O) groups is 1. The van der Waals surface area contributed by atoms with Crippen LogP contribution in [0, 0.1) is 0 Å². The number of fused-ring (bicyclic) bond motifs is 1. The highest BCUT2D eigenvalue weighted by Crippen LogP contribution is 2.44. The zero-order chi connectivity index (χ0) is 17.0. The molecule has 1 heterocycles. The van der Waals surface area contributed by atoms with E-state index in [9.17, 15) is 9.90 Å². The fraction of sp³-hybridized carbons (Fsp3) is 0.588. The molecule has 1 amide bonds. The summed E-state index contributed by atoms with van der Waals surface area (Å²) in [4.78, 5) is 14.0. The summed E-state index contributed by atoms with van der Waals surface area (Å²) in [5, 5.41) is 9.58. The first-order valence-corrected chi connectivity index (χ1v) is 7.93. The molecule has 0 aromatic heterocycles. The van der Waals surface area contributed by atoms with Crippen LogP contribution < -0.4 is 9.47 Å². The SMILES string of the molecule is CCOC(=O)N1CCc2c(OC)c(CO)cc(OC)c2C1CC. The van der Waals surface area contributed by atoms with E-state index < -0.39 is 0 Å². The van der Waals surface area contributed by atoms with Crippen LogP contribution in [-0.4, -0.2) is 43.5 Å². The molecule has 2 rings (SSSR count). The van der Waals surface area contributed by atoms with Gasteiger partial charge in [0, 0.05) is 23.2 Å². The molecule has 6 nitrogen and oxygen atoms in total. The summed E-state index contributed by atoms with van der Waals surface area (Å²) < 4.78 is 16.2. The average molecular weight is 323 g/mol. The summed E-state index contributed by atoms with van der Waals surface area (Å²) in [6.07, 6.45) is 1.07. The fourth-order valence-corrected chi connectivity index (χ4v) is 3.31. The van der Waals surface area contributed by atoms with Crippen molar-refractivity contribution in [3.05, 3.63) is 22.8 Å². The Labute approximate surface area is 136 Å². The van der Waals surface area contributed by atoms with Gasteiger partial charge >= 0.3 is 6.09 Å². The van der Waals surface area contributed by atoms with Crippen LogP contribution in [0.25, 0.3) is 0 Å². The lowest BCUT2D eigenvalue weighted by Crippen LogP contribution is -2.40. The molecule has 0 spiro atoms. The molecule has 0 aliphatic carbocycles. The number of aliphatic hydroxyl groups is 1. The predicted octanol–water partition coefficient (Wildman–Crippen LogP) is 2.66. The zero-order valence-corrected chi connectivity index (χ0v) is 14.2. The summed E-state index contributed by atoms with van der Waals surface area (Å²) in [6.45, 7) is 4.61. The topological polar surface area (TPSA) is 68.2 Å². The lowest BCUT2D eigenvalue weighted by Gasteiger charge is -2.37. The number of aliphatic hydroxyl groups excluding tert-OH is 1. The van der Waals surface area contributed by atoms with Crippen LogP contribution in [0.2, 0.25) is 0 Å². The monoisotopic (exact) mass is 323 g/mol. The minimum absolute atomic E-state index is 0.120. The Kier molecular flexibility index (Phi) is 5.71. The van der Waals surface area contributed by atoms with E-state index in [1.54, 1.807) is 32.1 Å². The van der Waals surface area contributed by atoms with Crippen molar-refractivity contribution in [2.75, 3.05) is 27.4 Å². The highest BCUT2D eigenvalue weighted by molar-refractivity contribution is 5.70. The van der Waals surface area contributed by atoms with Gasteiger partial charge in [-0.05, 0) is 25.8 Å². The van der Waals surface area contributed by atoms with E-state index in [0.29, 0.717) is 36.6 Å². The molecule has 1 atom stereocenters. The molecule has 1 aliphatic rings. The van der Waals surface area contributed by atoms with Crippen LogP contribution in [0.1, 0.15) is 43.0 Å². The van der Waals surface area contributed by atoms with E-state index in [1.165, 1.54) is 0 Å². The second-order valence-electron chi connectivity index (χ2n) is 5.39. The van der Waals surface area contributed by atoms with Crippen molar-refractivity contribution in [3.63, 3.8) is 0 Å². The van der Waals surface area contributed by atoms with Crippen LogP contribution in [0.15, 0.2) is 6.07 Å². The van der Waals surface area contributed by atoms with Gasteiger partial charge in [0.25, 0.3) is 0 Å². The van der Waals surface area contributed by atoms with Gasteiger partial charge in [-0.15, -0.1) is 0 Å². The van der Waals surface area contributed by atoms with Crippen LogP contribution >= 0.6 is 0 Å². The highest BCUT2D eigenvalue weighted by Gasteiger charge is 2.35. The zero-order valence-electron chi connectivity index (χ0n) is 14.2. The van der Waals surface area contributed by atoms with Gasteiger partial charge in [0.2, 0.25) is 0 Å². The van der Waals surface area contributed by atoms with E-state index in [0.717, 1.165) is 17.5 Å². The first kappa shape index (κ1) is 17.4. The van der Waals surface area contributed by atoms with Crippen molar-refractivity contribution >= 4 is 6.09 Å². The molecule has 0 bridgehead atoms. The molecular formula is C17H25NO5. The average Bonchev–Trinajstić information content (AvgIpc) is 2.58. The Morgan fingerprint density at radius 2 is 2.09 bits per heavy atom. The third-order valence-corrected chi connectivity index (χ3v) is 4.26. The smallest absolute Gasteiger partial charge is 0.410 e. The van der Waals surface area contributed by atoms with Gasteiger partial charge in [-0.1, -0.05) is 6.92 Å². The van der Waals surface area contributed by atoms with E-state index in [-0.39, 0.29) is 18.7 Å². The number of methoxy groups -OCH3 is 2. The minimum atomic E-state index is -0.308. The number of benzene rings is 1. The van der Waals surface area contributed by atoms with E-state index in [4.69, 9.17) is 14.2 Å². The third-order valence-electron chi connectivity index (χ3n) is 4.26. The molecule has 1 aromatic rings. The molecule has 23 heavy (non-hydrogen) atoms. The van der Waals surface area contributed by atoms with Gasteiger partial charge in [-0.2, -0.15) is 0 Å². The van der Waals surface area contributed by atoms with Crippen molar-refractivity contribution in [3.8, 4) is 11.5 Å². The molecule has 0 radical (unpaired) electrons. The van der Waals surface area contributed by atoms with Gasteiger partial charge < -0.3 is 24.2 Å². The quantitative estimate of drug-likeness (QED) is 0.902. The van der Waals surface area contributed by atoms with Crippen LogP contribution in [0.5, 0.6) is 11.5 Å². The first-order valence-electron chi connectivity index (χ1n) is 7.93. The molecule has 1 aliphatic heterocycles. The molecule has 1 aromatic carbocycles. The number of hydrogen-bond donors (Lipinski definition) is 1. The van der Waals surface area contributed by atoms with Crippen molar-refractivity contribution in [2.24, 2.45) is 0 Å². The Hall–Kier alpha value is -1.95. The lowest BCUT2D eigenvalue weighted by atomic mass is 9.88. The summed E-state index contributed by atoms with van der Waals surface area (Å²) in [7, 11) is 3.19. The van der Waals surface area contributed by atoms with Crippen LogP contribution in [0.3, 0.4) is 0 Å². The minimum Gasteiger partial charge on any atom is -0.496 e. The van der Waals surface area contributed by atoms with Gasteiger partial charge in [0.05, 0.1) is 33.5 Å². The Morgan fingerprint density at radius 1 is 1.35 bits per heavy atom. The van der Waals surface area contributed by atoms with Crippen LogP contribution in [-0.2, 0) is 17.8 Å². The molecule has 6 heteroatoms. The second kappa shape index (κ2) is 7.55. The van der Waals surface area contributed by atoms with Crippen molar-refractivity contribution in [1.82, 2.24) is 4.90 Å². The molecule has 0 saturated heterocycles. The standard InChI is InChI=1S/C17H25NO5/c1-5-13-15-12(7-8-18(13)17(20)23-6-2)16(22-4)11(10-19)9-14(15)21-3/h9,13,19H,5-8,10H2,1-4H3. The summed E-state index contributed by atoms with van der Waals surface area (Å²) >= 11 is 0. The van der Waals surface area contributed by atoms with Crippen LogP contribution in [0.4, 0.5) is 4.79 Å². The Balaban J connectivity index is 2.56. The summed E-state index contributed by atoms with van der Waals surface area (Å²) in [5.74, 6) is 1.36. The molecule has 128 valence electrons. The maximum Gasteiger partial charge on any atom is 0.410 e. The maximum atomic E-state index is 12.2. The first-order chi connectivity index (χ1) is 11.1. The number of ether oxygens (including phenoxy) is 3. The third kappa shape index (κ3) is 3.08. The highest BCUT2D eigenvalue weighted by atomic mass is 16.6. The number of amides is 1. The van der Waals surface area contributed by atoms with Gasteiger partial charge in [-0.25, -0.2) is 4.79 Å². The summed E-state index contributed by atoms with van der Waals surface area (Å²) in [6, 6.07) is 1.66. The number of hydrogen-bond acceptors (Lipinski definition) is 5. The fourth-order valence-electron chi connectivity index (χ4n) is 3.31. The van der Waals surface area contributed by atoms with E-state index in [2.05, 4.69) is 0 Å². The van der Waals surface area contributed by atoms with Gasteiger partial charge in [0.1, 0.15) is 11.5 Å². The lowest BCUT2D eigenvalue weighted by molar-refractivity contribution is 0.0844. The molecule has 1 unspecified atom stereocenters. The largest absolute Gasteiger partial charge is 0.496 e. The van der Waals surface area contributed by atoms with E-state index >= 15 is 0 Å². The Morgan fingerprint density at radius 3 is 2.61 bits per heavy atom. The molecular weight excluding hydrogens is 298 g/mol. The van der Waals surface area contributed by atoms with Crippen molar-refractivity contribution < 1.29 is 24.1 Å². The number of rotatable bonds is 5. The van der Waals surface area contributed by atoms with Crippen molar-refractivity contribution in [1.29, 1.82) is 0 Å². The van der Waals surface area contributed by atoms with Crippen molar-refractivity contribution in [2.45, 2.75) is 39.3 Å². The van der Waals surface area contributed by atoms with E-state index in [1.807, 2.05) is 6.92 Å². The number of carbonyl (C=O) groups excluding carboxylic acids is 1.